The minimum atomic E-state index is -0.423. The summed E-state index contributed by atoms with van der Waals surface area (Å²) in [5, 5.41) is 0. The molecule has 0 bridgehead atoms. The Balaban J connectivity index is 4.13. The van der Waals surface area contributed by atoms with Crippen molar-refractivity contribution in [2.75, 3.05) is 13.6 Å². The lowest BCUT2D eigenvalue weighted by Crippen LogP contribution is -2.31. The van der Waals surface area contributed by atoms with E-state index in [1.165, 1.54) is 0 Å². The van der Waals surface area contributed by atoms with Crippen LogP contribution in [0.5, 0.6) is 0 Å². The molecular formula is C15H29NO3. The van der Waals surface area contributed by atoms with Crippen LogP contribution < -0.4 is 0 Å². The molecule has 0 aliphatic rings. The Kier molecular flexibility index (Phi) is 7.72. The molecule has 0 aromatic rings. The summed E-state index contributed by atoms with van der Waals surface area (Å²) in [5.74, 6) is 0.346. The maximum Gasteiger partial charge on any atom is 0.306 e. The molecule has 0 aromatic heterocycles. The van der Waals surface area contributed by atoms with E-state index >= 15 is 0 Å². The average Bonchev–Trinajstić information content (AvgIpc) is 2.30. The Morgan fingerprint density at radius 1 is 1.21 bits per heavy atom. The molecule has 0 radical (unpaired) electrons. The van der Waals surface area contributed by atoms with Crippen molar-refractivity contribution >= 4 is 11.9 Å². The van der Waals surface area contributed by atoms with Crippen molar-refractivity contribution in [2.24, 2.45) is 5.92 Å². The lowest BCUT2D eigenvalue weighted by atomic mass is 9.99. The third-order valence-corrected chi connectivity index (χ3v) is 3.01. The van der Waals surface area contributed by atoms with Crippen molar-refractivity contribution in [2.45, 2.75) is 65.9 Å². The third-order valence-electron chi connectivity index (χ3n) is 3.01. The van der Waals surface area contributed by atoms with E-state index in [1.54, 1.807) is 4.90 Å². The predicted molar refractivity (Wildman–Crippen MR) is 76.8 cm³/mol. The standard InChI is InChI=1S/C15H29NO3/c1-7-12(11-16(6)13(17)8-2)9-10-14(18)19-15(3,4)5/h12H,7-11H2,1-6H3. The van der Waals surface area contributed by atoms with Crippen LogP contribution in [0, 0.1) is 5.92 Å². The van der Waals surface area contributed by atoms with Gasteiger partial charge in [-0.15, -0.1) is 0 Å². The largest absolute Gasteiger partial charge is 0.460 e. The summed E-state index contributed by atoms with van der Waals surface area (Å²) in [7, 11) is 1.82. The molecular weight excluding hydrogens is 242 g/mol. The molecule has 0 N–H and O–H groups in total. The monoisotopic (exact) mass is 271 g/mol. The van der Waals surface area contributed by atoms with Gasteiger partial charge in [-0.25, -0.2) is 0 Å². The first-order valence-corrected chi connectivity index (χ1v) is 7.15. The van der Waals surface area contributed by atoms with Crippen molar-refractivity contribution < 1.29 is 14.3 Å². The first-order chi connectivity index (χ1) is 8.69. The van der Waals surface area contributed by atoms with Crippen LogP contribution >= 0.6 is 0 Å². The summed E-state index contributed by atoms with van der Waals surface area (Å²) in [6.07, 6.45) is 2.68. The number of carbonyl (C=O) groups is 2. The van der Waals surface area contributed by atoms with E-state index in [-0.39, 0.29) is 11.9 Å². The zero-order valence-corrected chi connectivity index (χ0v) is 13.3. The number of carbonyl (C=O) groups excluding carboxylic acids is 2. The molecule has 0 heterocycles. The van der Waals surface area contributed by atoms with Gasteiger partial charge in [0.2, 0.25) is 5.91 Å². The Hall–Kier alpha value is -1.06. The molecule has 0 spiro atoms. The van der Waals surface area contributed by atoms with Crippen molar-refractivity contribution in [3.05, 3.63) is 0 Å². The number of ether oxygens (including phenoxy) is 1. The highest BCUT2D eigenvalue weighted by molar-refractivity contribution is 5.75. The molecule has 0 fully saturated rings. The summed E-state index contributed by atoms with van der Waals surface area (Å²) < 4.78 is 5.29. The lowest BCUT2D eigenvalue weighted by Gasteiger charge is -2.24. The van der Waals surface area contributed by atoms with Gasteiger partial charge in [-0.05, 0) is 33.1 Å². The fraction of sp³-hybridized carbons (Fsp3) is 0.867. The van der Waals surface area contributed by atoms with Crippen LogP contribution in [0.15, 0.2) is 0 Å². The molecule has 0 saturated heterocycles. The molecule has 4 nitrogen and oxygen atoms in total. The van der Waals surface area contributed by atoms with Gasteiger partial charge in [0, 0.05) is 26.4 Å². The number of nitrogens with zero attached hydrogens (tertiary/aromatic N) is 1. The zero-order chi connectivity index (χ0) is 15.1. The smallest absolute Gasteiger partial charge is 0.306 e. The minimum Gasteiger partial charge on any atom is -0.460 e. The van der Waals surface area contributed by atoms with Gasteiger partial charge >= 0.3 is 5.97 Å². The second-order valence-electron chi connectivity index (χ2n) is 6.03. The summed E-state index contributed by atoms with van der Waals surface area (Å²) >= 11 is 0. The van der Waals surface area contributed by atoms with Crippen LogP contribution in [0.25, 0.3) is 0 Å². The van der Waals surface area contributed by atoms with E-state index in [0.29, 0.717) is 25.3 Å². The maximum absolute atomic E-state index is 11.7. The number of hydrogen-bond acceptors (Lipinski definition) is 3. The first kappa shape index (κ1) is 17.9. The molecule has 0 saturated carbocycles. The molecule has 1 unspecified atom stereocenters. The fourth-order valence-corrected chi connectivity index (χ4v) is 1.90. The van der Waals surface area contributed by atoms with E-state index < -0.39 is 5.60 Å². The van der Waals surface area contributed by atoms with E-state index in [1.807, 2.05) is 34.7 Å². The highest BCUT2D eigenvalue weighted by atomic mass is 16.6. The van der Waals surface area contributed by atoms with Crippen molar-refractivity contribution in [3.63, 3.8) is 0 Å². The highest BCUT2D eigenvalue weighted by Crippen LogP contribution is 2.16. The maximum atomic E-state index is 11.7. The van der Waals surface area contributed by atoms with Crippen LogP contribution in [0.4, 0.5) is 0 Å². The number of amides is 1. The van der Waals surface area contributed by atoms with E-state index in [4.69, 9.17) is 4.74 Å². The highest BCUT2D eigenvalue weighted by Gasteiger charge is 2.19. The SMILES string of the molecule is CCC(=O)N(C)CC(CC)CCC(=O)OC(C)(C)C. The minimum absolute atomic E-state index is 0.149. The van der Waals surface area contributed by atoms with Gasteiger partial charge in [-0.1, -0.05) is 20.3 Å². The number of hydrogen-bond donors (Lipinski definition) is 0. The molecule has 0 aromatic carbocycles. The molecule has 112 valence electrons. The summed E-state index contributed by atoms with van der Waals surface area (Å²) in [6, 6.07) is 0. The summed E-state index contributed by atoms with van der Waals surface area (Å²) in [6.45, 7) is 10.3. The predicted octanol–water partition coefficient (Wildman–Crippen LogP) is 3.00. The van der Waals surface area contributed by atoms with Crippen LogP contribution in [0.2, 0.25) is 0 Å². The van der Waals surface area contributed by atoms with E-state index in [9.17, 15) is 9.59 Å². The zero-order valence-electron chi connectivity index (χ0n) is 13.3. The van der Waals surface area contributed by atoms with Gasteiger partial charge in [-0.3, -0.25) is 9.59 Å². The number of rotatable bonds is 7. The Morgan fingerprint density at radius 3 is 2.21 bits per heavy atom. The van der Waals surface area contributed by atoms with Gasteiger partial charge in [-0.2, -0.15) is 0 Å². The second-order valence-corrected chi connectivity index (χ2v) is 6.03. The van der Waals surface area contributed by atoms with Crippen LogP contribution in [-0.2, 0) is 14.3 Å². The van der Waals surface area contributed by atoms with Crippen LogP contribution in [0.1, 0.15) is 60.3 Å². The Labute approximate surface area is 117 Å². The second kappa shape index (κ2) is 8.18. The summed E-state index contributed by atoms with van der Waals surface area (Å²) in [4.78, 5) is 24.9. The van der Waals surface area contributed by atoms with Crippen LogP contribution in [-0.4, -0.2) is 36.0 Å². The quantitative estimate of drug-likeness (QED) is 0.669. The summed E-state index contributed by atoms with van der Waals surface area (Å²) in [5.41, 5.74) is -0.423. The van der Waals surface area contributed by atoms with Crippen molar-refractivity contribution in [1.29, 1.82) is 0 Å². The van der Waals surface area contributed by atoms with Gasteiger partial charge in [0.1, 0.15) is 5.60 Å². The van der Waals surface area contributed by atoms with Crippen LogP contribution in [0.3, 0.4) is 0 Å². The fourth-order valence-electron chi connectivity index (χ4n) is 1.90. The third kappa shape index (κ3) is 8.62. The van der Waals surface area contributed by atoms with E-state index in [2.05, 4.69) is 6.92 Å². The molecule has 1 amide bonds. The number of esters is 1. The lowest BCUT2D eigenvalue weighted by molar-refractivity contribution is -0.155. The molecule has 4 heteroatoms. The average molecular weight is 271 g/mol. The molecule has 1 atom stereocenters. The van der Waals surface area contributed by atoms with Gasteiger partial charge < -0.3 is 9.64 Å². The Morgan fingerprint density at radius 2 is 1.79 bits per heavy atom. The molecule has 0 aliphatic carbocycles. The van der Waals surface area contributed by atoms with Gasteiger partial charge in [0.25, 0.3) is 0 Å². The Bertz CT molecular complexity index is 294. The molecule has 0 aliphatic heterocycles. The molecule has 0 rings (SSSR count). The van der Waals surface area contributed by atoms with Crippen molar-refractivity contribution in [3.8, 4) is 0 Å². The first-order valence-electron chi connectivity index (χ1n) is 7.15. The van der Waals surface area contributed by atoms with E-state index in [0.717, 1.165) is 12.8 Å². The molecule has 19 heavy (non-hydrogen) atoms. The van der Waals surface area contributed by atoms with Gasteiger partial charge in [0.15, 0.2) is 0 Å². The van der Waals surface area contributed by atoms with Crippen molar-refractivity contribution in [1.82, 2.24) is 4.90 Å². The van der Waals surface area contributed by atoms with Gasteiger partial charge in [0.05, 0.1) is 0 Å². The normalized spacial score (nSPS) is 12.9. The topological polar surface area (TPSA) is 46.6 Å².